The number of hydrogen-bond acceptors (Lipinski definition) is 3. The van der Waals surface area contributed by atoms with Gasteiger partial charge in [-0.25, -0.2) is 8.42 Å². The summed E-state index contributed by atoms with van der Waals surface area (Å²) in [6.07, 6.45) is 7.68. The van der Waals surface area contributed by atoms with Gasteiger partial charge >= 0.3 is 0 Å². The van der Waals surface area contributed by atoms with Crippen molar-refractivity contribution >= 4 is 9.84 Å². The van der Waals surface area contributed by atoms with Gasteiger partial charge in [0.1, 0.15) is 0 Å². The lowest BCUT2D eigenvalue weighted by atomic mass is 10.1. The SMILES string of the molecule is CC(C)CS(=O)(=O)CCNC1CCCCCC1. The second kappa shape index (κ2) is 7.37. The molecule has 0 aromatic heterocycles. The first-order valence-corrected chi connectivity index (χ1v) is 8.75. The molecule has 1 N–H and O–H groups in total. The van der Waals surface area contributed by atoms with Crippen LogP contribution in [0.2, 0.25) is 0 Å². The van der Waals surface area contributed by atoms with Crippen molar-refractivity contribution in [1.29, 1.82) is 0 Å². The number of nitrogens with one attached hydrogen (secondary N) is 1. The second-order valence-electron chi connectivity index (χ2n) is 5.65. The highest BCUT2D eigenvalue weighted by atomic mass is 32.2. The molecule has 0 aliphatic heterocycles. The van der Waals surface area contributed by atoms with E-state index in [2.05, 4.69) is 5.32 Å². The molecule has 0 bridgehead atoms. The molecule has 0 unspecified atom stereocenters. The van der Waals surface area contributed by atoms with Gasteiger partial charge in [-0.15, -0.1) is 0 Å². The highest BCUT2D eigenvalue weighted by Crippen LogP contribution is 2.16. The Morgan fingerprint density at radius 1 is 1.12 bits per heavy atom. The van der Waals surface area contributed by atoms with Gasteiger partial charge in [0, 0.05) is 12.6 Å². The van der Waals surface area contributed by atoms with Crippen LogP contribution in [0.5, 0.6) is 0 Å². The molecule has 102 valence electrons. The van der Waals surface area contributed by atoms with Gasteiger partial charge in [-0.2, -0.15) is 0 Å². The first-order chi connectivity index (χ1) is 7.99. The molecule has 1 fully saturated rings. The van der Waals surface area contributed by atoms with E-state index in [0.29, 0.717) is 24.1 Å². The first-order valence-electron chi connectivity index (χ1n) is 6.93. The van der Waals surface area contributed by atoms with Crippen LogP contribution in [-0.4, -0.2) is 32.5 Å². The van der Waals surface area contributed by atoms with Crippen molar-refractivity contribution in [2.75, 3.05) is 18.1 Å². The molecule has 0 aromatic rings. The van der Waals surface area contributed by atoms with Crippen LogP contribution in [-0.2, 0) is 9.84 Å². The molecular weight excluding hydrogens is 234 g/mol. The van der Waals surface area contributed by atoms with Crippen LogP contribution in [0.4, 0.5) is 0 Å². The Labute approximate surface area is 106 Å². The smallest absolute Gasteiger partial charge is 0.151 e. The highest BCUT2D eigenvalue weighted by Gasteiger charge is 2.15. The summed E-state index contributed by atoms with van der Waals surface area (Å²) in [4.78, 5) is 0. The van der Waals surface area contributed by atoms with E-state index in [1.807, 2.05) is 13.8 Å². The van der Waals surface area contributed by atoms with Gasteiger partial charge in [0.2, 0.25) is 0 Å². The summed E-state index contributed by atoms with van der Waals surface area (Å²) in [5, 5.41) is 3.41. The molecule has 0 radical (unpaired) electrons. The molecule has 3 nitrogen and oxygen atoms in total. The fraction of sp³-hybridized carbons (Fsp3) is 1.00. The lowest BCUT2D eigenvalue weighted by molar-refractivity contribution is 0.471. The standard InChI is InChI=1S/C13H27NO2S/c1-12(2)11-17(15,16)10-9-14-13-7-5-3-4-6-8-13/h12-14H,3-11H2,1-2H3. The van der Waals surface area contributed by atoms with Crippen LogP contribution >= 0.6 is 0 Å². The average molecular weight is 261 g/mol. The summed E-state index contributed by atoms with van der Waals surface area (Å²) >= 11 is 0. The molecule has 1 aliphatic rings. The summed E-state index contributed by atoms with van der Waals surface area (Å²) in [5.41, 5.74) is 0. The zero-order chi connectivity index (χ0) is 12.7. The van der Waals surface area contributed by atoms with Crippen LogP contribution in [0.25, 0.3) is 0 Å². The summed E-state index contributed by atoms with van der Waals surface area (Å²) in [7, 11) is -2.85. The van der Waals surface area contributed by atoms with E-state index in [1.54, 1.807) is 0 Å². The molecule has 4 heteroatoms. The second-order valence-corrected chi connectivity index (χ2v) is 7.88. The highest BCUT2D eigenvalue weighted by molar-refractivity contribution is 7.91. The van der Waals surface area contributed by atoms with Crippen LogP contribution in [0.3, 0.4) is 0 Å². The van der Waals surface area contributed by atoms with Gasteiger partial charge in [-0.1, -0.05) is 39.5 Å². The van der Waals surface area contributed by atoms with E-state index < -0.39 is 9.84 Å². The Morgan fingerprint density at radius 3 is 2.24 bits per heavy atom. The van der Waals surface area contributed by atoms with Crippen molar-refractivity contribution in [3.05, 3.63) is 0 Å². The molecule has 0 heterocycles. The minimum Gasteiger partial charge on any atom is -0.313 e. The molecule has 0 saturated heterocycles. The summed E-state index contributed by atoms with van der Waals surface area (Å²) in [6.45, 7) is 4.53. The Hall–Kier alpha value is -0.0900. The Morgan fingerprint density at radius 2 is 1.71 bits per heavy atom. The average Bonchev–Trinajstić information content (AvgIpc) is 2.43. The largest absolute Gasteiger partial charge is 0.313 e. The van der Waals surface area contributed by atoms with Crippen molar-refractivity contribution in [1.82, 2.24) is 5.32 Å². The van der Waals surface area contributed by atoms with Gasteiger partial charge in [-0.3, -0.25) is 0 Å². The molecule has 0 amide bonds. The van der Waals surface area contributed by atoms with Crippen molar-refractivity contribution < 1.29 is 8.42 Å². The van der Waals surface area contributed by atoms with Crippen LogP contribution in [0.1, 0.15) is 52.4 Å². The van der Waals surface area contributed by atoms with Gasteiger partial charge in [0.05, 0.1) is 11.5 Å². The lowest BCUT2D eigenvalue weighted by Crippen LogP contribution is -2.33. The molecule has 1 saturated carbocycles. The maximum Gasteiger partial charge on any atom is 0.151 e. The van der Waals surface area contributed by atoms with Gasteiger partial charge in [-0.05, 0) is 18.8 Å². The predicted octanol–water partition coefficient (Wildman–Crippen LogP) is 2.37. The molecular formula is C13H27NO2S. The minimum absolute atomic E-state index is 0.234. The van der Waals surface area contributed by atoms with E-state index in [0.717, 1.165) is 0 Å². The maximum absolute atomic E-state index is 11.7. The van der Waals surface area contributed by atoms with Crippen molar-refractivity contribution in [2.45, 2.75) is 58.4 Å². The lowest BCUT2D eigenvalue weighted by Gasteiger charge is -2.16. The summed E-state index contributed by atoms with van der Waals surface area (Å²) < 4.78 is 23.4. The van der Waals surface area contributed by atoms with Crippen LogP contribution < -0.4 is 5.32 Å². The number of sulfone groups is 1. The molecule has 1 aliphatic carbocycles. The van der Waals surface area contributed by atoms with E-state index in [-0.39, 0.29) is 5.92 Å². The maximum atomic E-state index is 11.7. The first kappa shape index (κ1) is 15.0. The predicted molar refractivity (Wildman–Crippen MR) is 73.0 cm³/mol. The van der Waals surface area contributed by atoms with Crippen LogP contribution in [0, 0.1) is 5.92 Å². The van der Waals surface area contributed by atoms with E-state index in [1.165, 1.54) is 38.5 Å². The van der Waals surface area contributed by atoms with Gasteiger partial charge in [0.15, 0.2) is 9.84 Å². The zero-order valence-corrected chi connectivity index (χ0v) is 12.1. The fourth-order valence-electron chi connectivity index (χ4n) is 2.49. The molecule has 0 spiro atoms. The molecule has 0 aromatic carbocycles. The number of hydrogen-bond donors (Lipinski definition) is 1. The third-order valence-corrected chi connectivity index (χ3v) is 5.29. The van der Waals surface area contributed by atoms with E-state index in [9.17, 15) is 8.42 Å². The van der Waals surface area contributed by atoms with Gasteiger partial charge < -0.3 is 5.32 Å². The normalized spacial score (nSPS) is 19.5. The Kier molecular flexibility index (Phi) is 6.49. The monoisotopic (exact) mass is 261 g/mol. The zero-order valence-electron chi connectivity index (χ0n) is 11.2. The molecule has 1 rings (SSSR count). The third kappa shape index (κ3) is 7.04. The van der Waals surface area contributed by atoms with Gasteiger partial charge in [0.25, 0.3) is 0 Å². The molecule has 17 heavy (non-hydrogen) atoms. The Bertz CT molecular complexity index is 291. The van der Waals surface area contributed by atoms with E-state index in [4.69, 9.17) is 0 Å². The van der Waals surface area contributed by atoms with E-state index >= 15 is 0 Å². The topological polar surface area (TPSA) is 46.2 Å². The third-order valence-electron chi connectivity index (χ3n) is 3.29. The fourth-order valence-corrected chi connectivity index (χ4v) is 4.10. The van der Waals surface area contributed by atoms with Crippen molar-refractivity contribution in [3.8, 4) is 0 Å². The number of rotatable bonds is 6. The van der Waals surface area contributed by atoms with Crippen molar-refractivity contribution in [2.24, 2.45) is 5.92 Å². The summed E-state index contributed by atoms with van der Waals surface area (Å²) in [5.74, 6) is 0.846. The summed E-state index contributed by atoms with van der Waals surface area (Å²) in [6, 6.07) is 0.548. The van der Waals surface area contributed by atoms with Crippen molar-refractivity contribution in [3.63, 3.8) is 0 Å². The van der Waals surface area contributed by atoms with Crippen LogP contribution in [0.15, 0.2) is 0 Å². The quantitative estimate of drug-likeness (QED) is 0.747. The minimum atomic E-state index is -2.85. The molecule has 0 atom stereocenters. The Balaban J connectivity index is 2.22.